The molecule has 7 heteroatoms. The predicted molar refractivity (Wildman–Crippen MR) is 75.4 cm³/mol. The lowest BCUT2D eigenvalue weighted by Gasteiger charge is -2.10. The molecule has 2 rings (SSSR count). The number of carbonyl (C=O) groups excluding carboxylic acids is 1. The summed E-state index contributed by atoms with van der Waals surface area (Å²) in [4.78, 5) is 15.7. The number of anilines is 1. The SMILES string of the molecule is CCNC(=O)c1ccc(N)c(-n2cnc(C#N)c2C#N)c1. The molecule has 21 heavy (non-hydrogen) atoms. The Morgan fingerprint density at radius 1 is 1.43 bits per heavy atom. The van der Waals surface area contributed by atoms with Gasteiger partial charge in [-0.2, -0.15) is 10.5 Å². The molecule has 2 aromatic rings. The number of hydrogen-bond acceptors (Lipinski definition) is 5. The molecule has 1 aromatic carbocycles. The van der Waals surface area contributed by atoms with Crippen molar-refractivity contribution in [3.63, 3.8) is 0 Å². The number of nitrogens with two attached hydrogens (primary N) is 1. The molecular weight excluding hydrogens is 268 g/mol. The van der Waals surface area contributed by atoms with Crippen molar-refractivity contribution in [2.75, 3.05) is 12.3 Å². The van der Waals surface area contributed by atoms with E-state index in [1.54, 1.807) is 18.2 Å². The Morgan fingerprint density at radius 2 is 2.19 bits per heavy atom. The highest BCUT2D eigenvalue weighted by Crippen LogP contribution is 2.22. The summed E-state index contributed by atoms with van der Waals surface area (Å²) in [6.45, 7) is 2.32. The molecule has 0 aliphatic carbocycles. The maximum absolute atomic E-state index is 11.9. The quantitative estimate of drug-likeness (QED) is 0.811. The van der Waals surface area contributed by atoms with Crippen molar-refractivity contribution in [2.45, 2.75) is 6.92 Å². The number of aromatic nitrogens is 2. The van der Waals surface area contributed by atoms with E-state index in [4.69, 9.17) is 16.3 Å². The molecule has 1 aromatic heterocycles. The summed E-state index contributed by atoms with van der Waals surface area (Å²) in [5, 5.41) is 20.8. The summed E-state index contributed by atoms with van der Waals surface area (Å²) in [6, 6.07) is 8.49. The summed E-state index contributed by atoms with van der Waals surface area (Å²) in [5.74, 6) is -0.238. The number of rotatable bonds is 3. The Morgan fingerprint density at radius 3 is 2.81 bits per heavy atom. The molecular formula is C14H12N6O. The van der Waals surface area contributed by atoms with Crippen LogP contribution in [0.2, 0.25) is 0 Å². The van der Waals surface area contributed by atoms with E-state index in [1.165, 1.54) is 10.9 Å². The molecule has 0 aliphatic rings. The topological polar surface area (TPSA) is 121 Å². The minimum Gasteiger partial charge on any atom is -0.397 e. The van der Waals surface area contributed by atoms with Gasteiger partial charge in [0.15, 0.2) is 11.4 Å². The van der Waals surface area contributed by atoms with E-state index in [9.17, 15) is 4.79 Å². The first-order valence-electron chi connectivity index (χ1n) is 6.18. The lowest BCUT2D eigenvalue weighted by Crippen LogP contribution is -2.22. The maximum atomic E-state index is 11.9. The van der Waals surface area contributed by atoms with Gasteiger partial charge in [0.05, 0.1) is 11.4 Å². The molecule has 0 radical (unpaired) electrons. The van der Waals surface area contributed by atoms with Gasteiger partial charge in [-0.15, -0.1) is 0 Å². The number of amides is 1. The van der Waals surface area contributed by atoms with Crippen LogP contribution in [-0.2, 0) is 0 Å². The third kappa shape index (κ3) is 2.53. The number of benzene rings is 1. The molecule has 0 spiro atoms. The van der Waals surface area contributed by atoms with Crippen LogP contribution in [0.1, 0.15) is 28.7 Å². The minimum absolute atomic E-state index is 0.0142. The molecule has 3 N–H and O–H groups in total. The number of hydrogen-bond donors (Lipinski definition) is 2. The standard InChI is InChI=1S/C14H12N6O/c1-2-18-14(21)9-3-4-10(17)12(5-9)20-8-19-11(6-15)13(20)7-16/h3-5,8H,2,17H2,1H3,(H,18,21). The fourth-order valence-electron chi connectivity index (χ4n) is 1.88. The first-order chi connectivity index (χ1) is 10.1. The smallest absolute Gasteiger partial charge is 0.251 e. The van der Waals surface area contributed by atoms with E-state index >= 15 is 0 Å². The number of nitrogens with zero attached hydrogens (tertiary/aromatic N) is 4. The average molecular weight is 280 g/mol. The van der Waals surface area contributed by atoms with Gasteiger partial charge >= 0.3 is 0 Å². The van der Waals surface area contributed by atoms with E-state index < -0.39 is 0 Å². The van der Waals surface area contributed by atoms with Crippen LogP contribution in [0.5, 0.6) is 0 Å². The number of imidazole rings is 1. The van der Waals surface area contributed by atoms with Crippen LogP contribution in [0.3, 0.4) is 0 Å². The molecule has 0 saturated carbocycles. The molecule has 7 nitrogen and oxygen atoms in total. The van der Waals surface area contributed by atoms with Gasteiger partial charge in [0.2, 0.25) is 0 Å². The van der Waals surface area contributed by atoms with Gasteiger partial charge in [0.1, 0.15) is 18.5 Å². The van der Waals surface area contributed by atoms with Crippen LogP contribution in [0.4, 0.5) is 5.69 Å². The van der Waals surface area contributed by atoms with E-state index in [2.05, 4.69) is 10.3 Å². The highest BCUT2D eigenvalue weighted by atomic mass is 16.1. The van der Waals surface area contributed by atoms with Crippen LogP contribution in [0.15, 0.2) is 24.5 Å². The molecule has 0 fully saturated rings. The van der Waals surface area contributed by atoms with Gasteiger partial charge in [-0.25, -0.2) is 4.98 Å². The van der Waals surface area contributed by atoms with Gasteiger partial charge in [0.25, 0.3) is 5.91 Å². The Hall–Kier alpha value is -3.32. The monoisotopic (exact) mass is 280 g/mol. The van der Waals surface area contributed by atoms with Crippen LogP contribution in [0.25, 0.3) is 5.69 Å². The molecule has 0 aliphatic heterocycles. The zero-order chi connectivity index (χ0) is 15.4. The summed E-state index contributed by atoms with van der Waals surface area (Å²) in [5.41, 5.74) is 7.22. The average Bonchev–Trinajstić information content (AvgIpc) is 2.90. The lowest BCUT2D eigenvalue weighted by molar-refractivity contribution is 0.0956. The second-order valence-corrected chi connectivity index (χ2v) is 4.17. The Balaban J connectivity index is 2.57. The van der Waals surface area contributed by atoms with Gasteiger partial charge in [-0.3, -0.25) is 9.36 Å². The zero-order valence-corrected chi connectivity index (χ0v) is 11.3. The van der Waals surface area contributed by atoms with Crippen molar-refractivity contribution in [3.8, 4) is 17.8 Å². The summed E-state index contributed by atoms with van der Waals surface area (Å²) < 4.78 is 1.40. The van der Waals surface area contributed by atoms with Crippen LogP contribution in [0, 0.1) is 22.7 Å². The number of nitrogens with one attached hydrogen (secondary N) is 1. The summed E-state index contributed by atoms with van der Waals surface area (Å²) in [7, 11) is 0. The number of nitriles is 2. The third-order valence-electron chi connectivity index (χ3n) is 2.87. The highest BCUT2D eigenvalue weighted by Gasteiger charge is 2.15. The van der Waals surface area contributed by atoms with E-state index in [0.717, 1.165) is 0 Å². The van der Waals surface area contributed by atoms with Crippen molar-refractivity contribution in [2.24, 2.45) is 0 Å². The fourth-order valence-corrected chi connectivity index (χ4v) is 1.88. The number of nitrogen functional groups attached to an aromatic ring is 1. The van der Waals surface area contributed by atoms with Crippen molar-refractivity contribution in [3.05, 3.63) is 41.5 Å². The summed E-state index contributed by atoms with van der Waals surface area (Å²) in [6.07, 6.45) is 1.34. The molecule has 0 saturated heterocycles. The van der Waals surface area contributed by atoms with Gasteiger partial charge < -0.3 is 11.1 Å². The molecule has 0 atom stereocenters. The molecule has 1 amide bonds. The first-order valence-corrected chi connectivity index (χ1v) is 6.18. The zero-order valence-electron chi connectivity index (χ0n) is 11.3. The van der Waals surface area contributed by atoms with Crippen LogP contribution in [-0.4, -0.2) is 22.0 Å². The van der Waals surface area contributed by atoms with Gasteiger partial charge in [-0.1, -0.05) is 0 Å². The Kier molecular flexibility index (Phi) is 3.87. The van der Waals surface area contributed by atoms with Gasteiger partial charge in [-0.05, 0) is 25.1 Å². The van der Waals surface area contributed by atoms with Crippen molar-refractivity contribution in [1.29, 1.82) is 10.5 Å². The molecule has 104 valence electrons. The van der Waals surface area contributed by atoms with Crippen LogP contribution < -0.4 is 11.1 Å². The normalized spacial score (nSPS) is 9.67. The Bertz CT molecular complexity index is 778. The minimum atomic E-state index is -0.238. The molecule has 0 unspecified atom stereocenters. The van der Waals surface area contributed by atoms with Gasteiger partial charge in [0, 0.05) is 12.1 Å². The first kappa shape index (κ1) is 14.1. The van der Waals surface area contributed by atoms with Crippen molar-refractivity contribution in [1.82, 2.24) is 14.9 Å². The largest absolute Gasteiger partial charge is 0.397 e. The second kappa shape index (κ2) is 5.76. The van der Waals surface area contributed by atoms with E-state index in [0.29, 0.717) is 23.5 Å². The fraction of sp³-hybridized carbons (Fsp3) is 0.143. The maximum Gasteiger partial charge on any atom is 0.251 e. The second-order valence-electron chi connectivity index (χ2n) is 4.17. The lowest BCUT2D eigenvalue weighted by atomic mass is 10.1. The molecule has 1 heterocycles. The van der Waals surface area contributed by atoms with Crippen molar-refractivity contribution >= 4 is 11.6 Å². The van der Waals surface area contributed by atoms with Crippen LogP contribution >= 0.6 is 0 Å². The highest BCUT2D eigenvalue weighted by molar-refractivity contribution is 5.95. The summed E-state index contributed by atoms with van der Waals surface area (Å²) >= 11 is 0. The Labute approximate surface area is 121 Å². The van der Waals surface area contributed by atoms with Crippen molar-refractivity contribution < 1.29 is 4.79 Å². The van der Waals surface area contributed by atoms with E-state index in [-0.39, 0.29) is 17.3 Å². The number of carbonyl (C=O) groups is 1. The van der Waals surface area contributed by atoms with E-state index in [1.807, 2.05) is 19.1 Å². The molecule has 0 bridgehead atoms. The third-order valence-corrected chi connectivity index (χ3v) is 2.87. The predicted octanol–water partition coefficient (Wildman–Crippen LogP) is 0.948.